The van der Waals surface area contributed by atoms with Crippen molar-refractivity contribution in [3.8, 4) is 11.5 Å². The average molecular weight is 209 g/mol. The monoisotopic (exact) mass is 209 g/mol. The van der Waals surface area contributed by atoms with Gasteiger partial charge in [0, 0.05) is 11.5 Å². The lowest BCUT2D eigenvalue weighted by Gasteiger charge is -2.15. The van der Waals surface area contributed by atoms with Gasteiger partial charge in [-0.05, 0) is 25.1 Å². The van der Waals surface area contributed by atoms with Crippen LogP contribution in [0.1, 0.15) is 19.4 Å². The highest BCUT2D eigenvalue weighted by molar-refractivity contribution is 5.47. The molecular formula is C12H17O3. The summed E-state index contributed by atoms with van der Waals surface area (Å²) in [6, 6.07) is 5.58. The lowest BCUT2D eigenvalue weighted by atomic mass is 10.0. The number of methoxy groups -OCH3 is 1. The summed E-state index contributed by atoms with van der Waals surface area (Å²) in [6.07, 6.45) is 0. The molecule has 0 aliphatic carbocycles. The molecule has 0 unspecified atom stereocenters. The van der Waals surface area contributed by atoms with Crippen molar-refractivity contribution in [2.75, 3.05) is 20.3 Å². The molecule has 0 aromatic heterocycles. The molecule has 0 aliphatic heterocycles. The summed E-state index contributed by atoms with van der Waals surface area (Å²) < 4.78 is 10.6. The predicted molar refractivity (Wildman–Crippen MR) is 59.3 cm³/mol. The van der Waals surface area contributed by atoms with Gasteiger partial charge >= 0.3 is 0 Å². The van der Waals surface area contributed by atoms with Gasteiger partial charge in [-0.15, -0.1) is 0 Å². The van der Waals surface area contributed by atoms with Crippen LogP contribution in [0.15, 0.2) is 18.2 Å². The topological polar surface area (TPSA) is 38.7 Å². The zero-order valence-electron chi connectivity index (χ0n) is 9.41. The molecular weight excluding hydrogens is 192 g/mol. The van der Waals surface area contributed by atoms with Crippen LogP contribution in [-0.4, -0.2) is 25.4 Å². The Morgan fingerprint density at radius 1 is 1.40 bits per heavy atom. The van der Waals surface area contributed by atoms with Crippen LogP contribution in [-0.2, 0) is 0 Å². The molecule has 0 fully saturated rings. The van der Waals surface area contributed by atoms with Crippen LogP contribution in [0.2, 0.25) is 0 Å². The molecule has 0 aliphatic rings. The summed E-state index contributed by atoms with van der Waals surface area (Å²) in [5, 5.41) is 9.11. The predicted octanol–water partition coefficient (Wildman–Crippen LogP) is 2.03. The molecule has 0 amide bonds. The van der Waals surface area contributed by atoms with E-state index in [-0.39, 0.29) is 6.61 Å². The van der Waals surface area contributed by atoms with Crippen molar-refractivity contribution in [3.05, 3.63) is 29.7 Å². The largest absolute Gasteiger partial charge is 0.497 e. The Hall–Kier alpha value is -1.22. The zero-order valence-corrected chi connectivity index (χ0v) is 9.41. The summed E-state index contributed by atoms with van der Waals surface area (Å²) in [6.45, 7) is 4.44. The Kier molecular flexibility index (Phi) is 4.43. The van der Waals surface area contributed by atoms with Crippen molar-refractivity contribution >= 4 is 0 Å². The van der Waals surface area contributed by atoms with E-state index in [1.165, 1.54) is 0 Å². The van der Waals surface area contributed by atoms with Gasteiger partial charge < -0.3 is 14.6 Å². The number of rotatable bonds is 5. The van der Waals surface area contributed by atoms with Crippen LogP contribution < -0.4 is 9.47 Å². The normalized spacial score (nSPS) is 10.5. The summed E-state index contributed by atoms with van der Waals surface area (Å²) >= 11 is 0. The van der Waals surface area contributed by atoms with E-state index in [1.54, 1.807) is 7.11 Å². The highest BCUT2D eigenvalue weighted by Gasteiger charge is 2.12. The third kappa shape index (κ3) is 2.86. The van der Waals surface area contributed by atoms with E-state index in [4.69, 9.17) is 14.6 Å². The Morgan fingerprint density at radius 2 is 2.13 bits per heavy atom. The molecule has 1 aromatic rings. The fraction of sp³-hybridized carbons (Fsp3) is 0.417. The van der Waals surface area contributed by atoms with E-state index in [9.17, 15) is 0 Å². The van der Waals surface area contributed by atoms with Gasteiger partial charge in [0.15, 0.2) is 0 Å². The van der Waals surface area contributed by atoms with Crippen LogP contribution in [0.4, 0.5) is 0 Å². The second kappa shape index (κ2) is 5.61. The maximum atomic E-state index is 9.11. The summed E-state index contributed by atoms with van der Waals surface area (Å²) in [5.41, 5.74) is 0.902. The minimum absolute atomic E-state index is 0.0211. The standard InChI is InChI=1S/C12H17O3/c1-4-15-12-6-5-10(14-3)7-11(12)9(2)8-13/h5-7,13H,4,8H2,1-3H3. The van der Waals surface area contributed by atoms with Crippen molar-refractivity contribution in [3.63, 3.8) is 0 Å². The Bertz CT molecular complexity index is 310. The van der Waals surface area contributed by atoms with Crippen LogP contribution in [0, 0.1) is 5.92 Å². The Balaban J connectivity index is 3.04. The van der Waals surface area contributed by atoms with Crippen molar-refractivity contribution in [1.29, 1.82) is 0 Å². The molecule has 0 saturated carbocycles. The second-order valence-electron chi connectivity index (χ2n) is 3.23. The molecule has 1 N–H and O–H groups in total. The number of benzene rings is 1. The van der Waals surface area contributed by atoms with Crippen LogP contribution in [0.5, 0.6) is 11.5 Å². The van der Waals surface area contributed by atoms with E-state index in [1.807, 2.05) is 32.0 Å². The smallest absolute Gasteiger partial charge is 0.123 e. The molecule has 3 nitrogen and oxygen atoms in total. The Morgan fingerprint density at radius 3 is 2.67 bits per heavy atom. The molecule has 15 heavy (non-hydrogen) atoms. The van der Waals surface area contributed by atoms with Crippen molar-refractivity contribution < 1.29 is 14.6 Å². The first-order chi connectivity index (χ1) is 7.22. The highest BCUT2D eigenvalue weighted by atomic mass is 16.5. The van der Waals surface area contributed by atoms with Gasteiger partial charge in [-0.25, -0.2) is 0 Å². The molecule has 0 bridgehead atoms. The molecule has 3 heteroatoms. The lowest BCUT2D eigenvalue weighted by molar-refractivity contribution is 0.306. The lowest BCUT2D eigenvalue weighted by Crippen LogP contribution is -2.04. The molecule has 1 rings (SSSR count). The molecule has 0 atom stereocenters. The second-order valence-corrected chi connectivity index (χ2v) is 3.23. The molecule has 0 saturated heterocycles. The minimum Gasteiger partial charge on any atom is -0.497 e. The maximum absolute atomic E-state index is 9.11. The number of ether oxygens (including phenoxy) is 2. The van der Waals surface area contributed by atoms with E-state index in [0.717, 1.165) is 23.0 Å². The Labute approximate surface area is 90.6 Å². The molecule has 1 aromatic carbocycles. The average Bonchev–Trinajstić information content (AvgIpc) is 2.29. The van der Waals surface area contributed by atoms with Gasteiger partial charge in [-0.3, -0.25) is 0 Å². The highest BCUT2D eigenvalue weighted by Crippen LogP contribution is 2.29. The first-order valence-corrected chi connectivity index (χ1v) is 4.97. The first-order valence-electron chi connectivity index (χ1n) is 4.97. The third-order valence-electron chi connectivity index (χ3n) is 2.18. The fourth-order valence-electron chi connectivity index (χ4n) is 1.34. The van der Waals surface area contributed by atoms with Gasteiger partial charge in [0.1, 0.15) is 11.5 Å². The summed E-state index contributed by atoms with van der Waals surface area (Å²) in [5.74, 6) is 2.42. The van der Waals surface area contributed by atoms with Crippen molar-refractivity contribution in [2.45, 2.75) is 13.8 Å². The van der Waals surface area contributed by atoms with Crippen molar-refractivity contribution in [2.24, 2.45) is 0 Å². The maximum Gasteiger partial charge on any atom is 0.123 e. The molecule has 1 radical (unpaired) electrons. The molecule has 0 spiro atoms. The van der Waals surface area contributed by atoms with Crippen LogP contribution >= 0.6 is 0 Å². The van der Waals surface area contributed by atoms with Crippen LogP contribution in [0.25, 0.3) is 0 Å². The number of hydrogen-bond acceptors (Lipinski definition) is 3. The number of hydrogen-bond donors (Lipinski definition) is 1. The fourth-order valence-corrected chi connectivity index (χ4v) is 1.34. The van der Waals surface area contributed by atoms with E-state index in [2.05, 4.69) is 0 Å². The van der Waals surface area contributed by atoms with Crippen LogP contribution in [0.3, 0.4) is 0 Å². The number of aliphatic hydroxyl groups excluding tert-OH is 1. The van der Waals surface area contributed by atoms with Gasteiger partial charge in [0.05, 0.1) is 20.3 Å². The van der Waals surface area contributed by atoms with Gasteiger partial charge in [-0.1, -0.05) is 6.92 Å². The van der Waals surface area contributed by atoms with Crippen molar-refractivity contribution in [1.82, 2.24) is 0 Å². The quantitative estimate of drug-likeness (QED) is 0.806. The minimum atomic E-state index is 0.0211. The molecule has 83 valence electrons. The van der Waals surface area contributed by atoms with E-state index < -0.39 is 0 Å². The SMILES string of the molecule is CCOc1ccc(OC)cc1[C](C)CO. The first kappa shape index (κ1) is 11.9. The molecule has 0 heterocycles. The van der Waals surface area contributed by atoms with Gasteiger partial charge in [0.25, 0.3) is 0 Å². The van der Waals surface area contributed by atoms with E-state index in [0.29, 0.717) is 6.61 Å². The number of aliphatic hydroxyl groups is 1. The summed E-state index contributed by atoms with van der Waals surface area (Å²) in [7, 11) is 1.62. The van der Waals surface area contributed by atoms with Gasteiger partial charge in [0.2, 0.25) is 0 Å². The van der Waals surface area contributed by atoms with Gasteiger partial charge in [-0.2, -0.15) is 0 Å². The third-order valence-corrected chi connectivity index (χ3v) is 2.18. The summed E-state index contributed by atoms with van der Waals surface area (Å²) in [4.78, 5) is 0. The zero-order chi connectivity index (χ0) is 11.3. The van der Waals surface area contributed by atoms with E-state index >= 15 is 0 Å².